The number of unbranched alkanes of at least 4 members (excludes halogenated alkanes) is 1. The smallest absolute Gasteiger partial charge is 0.305 e. The zero-order chi connectivity index (χ0) is 59.8. The lowest BCUT2D eigenvalue weighted by atomic mass is 9.96. The number of fused-ring (bicyclic) bond motifs is 1. The summed E-state index contributed by atoms with van der Waals surface area (Å²) >= 11 is 0. The van der Waals surface area contributed by atoms with Gasteiger partial charge in [0.05, 0.1) is 24.7 Å². The largest absolute Gasteiger partial charge is 0.481 e. The maximum absolute atomic E-state index is 14.2. The van der Waals surface area contributed by atoms with E-state index in [1.54, 1.807) is 33.9 Å². The molecule has 0 bridgehead atoms. The predicted molar refractivity (Wildman–Crippen MR) is 290 cm³/mol. The lowest BCUT2D eigenvalue weighted by molar-refractivity contribution is -0.141. The van der Waals surface area contributed by atoms with E-state index in [1.165, 1.54) is 0 Å². The first-order chi connectivity index (χ1) is 37.1. The second kappa shape index (κ2) is 33.3. The maximum Gasteiger partial charge on any atom is 0.305 e. The Balaban J connectivity index is 2.38. The summed E-state index contributed by atoms with van der Waals surface area (Å²) in [5.41, 5.74) is 24.4. The summed E-state index contributed by atoms with van der Waals surface area (Å²) in [6.07, 6.45) is -1.80. The van der Waals surface area contributed by atoms with Gasteiger partial charge in [0.1, 0.15) is 48.3 Å². The number of carbonyl (C=O) groups excluding carboxylic acids is 10. The van der Waals surface area contributed by atoms with Gasteiger partial charge >= 0.3 is 5.97 Å². The molecule has 27 heteroatoms. The highest BCUT2D eigenvalue weighted by molar-refractivity contribution is 5.99. The number of rotatable bonds is 36. The van der Waals surface area contributed by atoms with Crippen LogP contribution in [0.25, 0.3) is 10.9 Å². The van der Waals surface area contributed by atoms with Crippen molar-refractivity contribution in [2.24, 2.45) is 40.7 Å². The van der Waals surface area contributed by atoms with Crippen LogP contribution in [0.4, 0.5) is 0 Å². The standard InChI is InChI=1S/C52H85N13O14/c1-9-26(5)40(63-48(75)37(21-25(3)4)61-45(72)32(54)22-30-24-57-33-16-12-11-15-31(30)33)49(76)59-35(18-19-38(55)68)47(74)64-42(28(7)66)51(78)58-34(17-13-14-20-53)46(73)62-41(27(6)10-2)50(77)65-43(29(8)67)52(79)60-36(44(56)71)23-39(69)70/h11-12,15-16,24-29,32,34-37,40-43,57,66-67H,9-10,13-14,17-23,53-54H2,1-8H3,(H2,55,68)(H2,56,71)(H,58,78)(H,59,76)(H,60,79)(H,61,72)(H,62,73)(H,63,75)(H,64,74)(H,65,77)(H,69,70)/t26-,27-,28+,29+,32-,34-,35-,36-,37-,40-,41-,42-,43-/m0/s1. The second-order valence-corrected chi connectivity index (χ2v) is 20.5. The molecule has 0 fully saturated rings. The van der Waals surface area contributed by atoms with Crippen LogP contribution in [0, 0.1) is 17.8 Å². The topological polar surface area (TPSA) is 465 Å². The number of H-pyrrole nitrogens is 1. The molecule has 0 aliphatic carbocycles. The third kappa shape index (κ3) is 22.2. The highest BCUT2D eigenvalue weighted by Crippen LogP contribution is 2.20. The van der Waals surface area contributed by atoms with Crippen molar-refractivity contribution in [1.29, 1.82) is 0 Å². The molecule has 0 saturated carbocycles. The molecule has 27 nitrogen and oxygen atoms in total. The zero-order valence-electron chi connectivity index (χ0n) is 46.4. The number of carboxylic acid groups (broad SMARTS) is 1. The van der Waals surface area contributed by atoms with Gasteiger partial charge in [0.25, 0.3) is 0 Å². The second-order valence-electron chi connectivity index (χ2n) is 20.5. The summed E-state index contributed by atoms with van der Waals surface area (Å²) in [5.74, 6) is -12.3. The van der Waals surface area contributed by atoms with Gasteiger partial charge in [-0.05, 0) is 88.3 Å². The Morgan fingerprint density at radius 1 is 0.570 bits per heavy atom. The number of aliphatic hydroxyl groups is 2. The molecule has 0 unspecified atom stereocenters. The quantitative estimate of drug-likeness (QED) is 0.0306. The van der Waals surface area contributed by atoms with Gasteiger partial charge in [-0.1, -0.05) is 72.6 Å². The minimum absolute atomic E-state index is 0.0829. The van der Waals surface area contributed by atoms with Gasteiger partial charge in [-0.3, -0.25) is 52.7 Å². The number of carbonyl (C=O) groups is 11. The number of nitrogens with two attached hydrogens (primary N) is 4. The van der Waals surface area contributed by atoms with E-state index in [9.17, 15) is 63.0 Å². The molecule has 1 aromatic heterocycles. The van der Waals surface area contributed by atoms with Gasteiger partial charge < -0.3 is 85.8 Å². The molecule has 0 aliphatic rings. The molecule has 10 amide bonds. The molecule has 0 radical (unpaired) electrons. The number of nitrogens with one attached hydrogen (secondary N) is 9. The Morgan fingerprint density at radius 3 is 1.48 bits per heavy atom. The van der Waals surface area contributed by atoms with Gasteiger partial charge in [0.15, 0.2) is 0 Å². The molecule has 0 spiro atoms. The molecular weight excluding hydrogens is 1030 g/mol. The van der Waals surface area contributed by atoms with Crippen LogP contribution in [-0.2, 0) is 59.2 Å². The maximum atomic E-state index is 14.2. The van der Waals surface area contributed by atoms with E-state index in [2.05, 4.69) is 47.5 Å². The van der Waals surface area contributed by atoms with E-state index in [1.807, 2.05) is 38.1 Å². The minimum atomic E-state index is -1.82. The van der Waals surface area contributed by atoms with Crippen LogP contribution in [0.1, 0.15) is 119 Å². The number of para-hydroxylation sites is 1. The Labute approximate surface area is 459 Å². The van der Waals surface area contributed by atoms with Crippen molar-refractivity contribution in [3.05, 3.63) is 36.0 Å². The predicted octanol–water partition coefficient (Wildman–Crippen LogP) is -2.83. The number of benzene rings is 1. The Kier molecular flexibility index (Phi) is 28.6. The molecule has 1 aromatic carbocycles. The Bertz CT molecular complexity index is 2420. The lowest BCUT2D eigenvalue weighted by Crippen LogP contribution is -2.63. The summed E-state index contributed by atoms with van der Waals surface area (Å²) in [6, 6.07) is -5.79. The molecular formula is C52H85N13O14. The summed E-state index contributed by atoms with van der Waals surface area (Å²) in [5, 5.41) is 51.3. The van der Waals surface area contributed by atoms with Crippen LogP contribution in [-0.4, -0.2) is 158 Å². The van der Waals surface area contributed by atoms with Crippen LogP contribution in [0.15, 0.2) is 30.5 Å². The molecule has 79 heavy (non-hydrogen) atoms. The monoisotopic (exact) mass is 1120 g/mol. The molecule has 20 N–H and O–H groups in total. The molecule has 1 heterocycles. The van der Waals surface area contributed by atoms with Gasteiger partial charge in [-0.25, -0.2) is 0 Å². The van der Waals surface area contributed by atoms with E-state index in [0.29, 0.717) is 12.8 Å². The number of amides is 10. The highest BCUT2D eigenvalue weighted by atomic mass is 16.4. The molecule has 442 valence electrons. The molecule has 0 saturated heterocycles. The van der Waals surface area contributed by atoms with Crippen LogP contribution in [0.3, 0.4) is 0 Å². The fraction of sp³-hybridized carbons (Fsp3) is 0.635. The van der Waals surface area contributed by atoms with E-state index in [4.69, 9.17) is 28.0 Å². The van der Waals surface area contributed by atoms with Crippen molar-refractivity contribution in [2.75, 3.05) is 6.54 Å². The van der Waals surface area contributed by atoms with Gasteiger partial charge in [-0.2, -0.15) is 0 Å². The molecule has 0 aliphatic heterocycles. The first-order valence-electron chi connectivity index (χ1n) is 26.7. The normalized spacial score (nSPS) is 16.3. The summed E-state index contributed by atoms with van der Waals surface area (Å²) in [7, 11) is 0. The van der Waals surface area contributed by atoms with Crippen molar-refractivity contribution in [2.45, 2.75) is 186 Å². The summed E-state index contributed by atoms with van der Waals surface area (Å²) < 4.78 is 0. The highest BCUT2D eigenvalue weighted by Gasteiger charge is 2.38. The Hall–Kier alpha value is -7.23. The van der Waals surface area contributed by atoms with Crippen molar-refractivity contribution < 1.29 is 68.1 Å². The first-order valence-corrected chi connectivity index (χ1v) is 26.7. The van der Waals surface area contributed by atoms with Gasteiger partial charge in [-0.15, -0.1) is 0 Å². The third-order valence-corrected chi connectivity index (χ3v) is 13.4. The molecule has 2 rings (SSSR count). The molecule has 13 atom stereocenters. The van der Waals surface area contributed by atoms with Gasteiger partial charge in [0.2, 0.25) is 59.1 Å². The number of aromatic amines is 1. The minimum Gasteiger partial charge on any atom is -0.481 e. The average molecular weight is 1120 g/mol. The SMILES string of the molecule is CC[C@H](C)[C@H](NC(=O)[C@H](CC(C)C)NC(=O)[C@@H](N)Cc1c[nH]c2ccccc12)C(=O)N[C@@H](CCC(N)=O)C(=O)N[C@H](C(=O)N[C@@H](CCCCN)C(=O)N[C@H](C(=O)N[C@H](C(=O)N[C@@H](CC(=O)O)C(N)=O)[C@@H](C)O)[C@@H](C)CC)[C@@H](C)O. The van der Waals surface area contributed by atoms with E-state index >= 15 is 0 Å². The van der Waals surface area contributed by atoms with Crippen molar-refractivity contribution >= 4 is 75.9 Å². The van der Waals surface area contributed by atoms with Crippen molar-refractivity contribution in [1.82, 2.24) is 47.5 Å². The van der Waals surface area contributed by atoms with E-state index in [-0.39, 0.29) is 44.6 Å². The van der Waals surface area contributed by atoms with Crippen LogP contribution >= 0.6 is 0 Å². The number of primary amides is 2. The number of hydrogen-bond donors (Lipinski definition) is 16. The van der Waals surface area contributed by atoms with Crippen LogP contribution < -0.4 is 65.5 Å². The Morgan fingerprint density at radius 2 is 1.01 bits per heavy atom. The fourth-order valence-corrected chi connectivity index (χ4v) is 8.33. The number of carboxylic acids is 1. The zero-order valence-corrected chi connectivity index (χ0v) is 46.4. The first kappa shape index (κ1) is 67.9. The average Bonchev–Trinajstić information content (AvgIpc) is 3.79. The summed E-state index contributed by atoms with van der Waals surface area (Å²) in [6.45, 7) is 12.9. The number of hydrogen-bond acceptors (Lipinski definition) is 15. The number of aliphatic carboxylic acids is 1. The summed E-state index contributed by atoms with van der Waals surface area (Å²) in [4.78, 5) is 149. The third-order valence-electron chi connectivity index (χ3n) is 13.4. The van der Waals surface area contributed by atoms with Gasteiger partial charge in [0, 0.05) is 23.5 Å². The van der Waals surface area contributed by atoms with E-state index in [0.717, 1.165) is 30.3 Å². The van der Waals surface area contributed by atoms with Crippen LogP contribution in [0.5, 0.6) is 0 Å². The fourth-order valence-electron chi connectivity index (χ4n) is 8.33. The number of aliphatic hydroxyl groups excluding tert-OH is 2. The van der Waals surface area contributed by atoms with Crippen LogP contribution in [0.2, 0.25) is 0 Å². The number of aromatic nitrogens is 1. The van der Waals surface area contributed by atoms with Crippen molar-refractivity contribution in [3.8, 4) is 0 Å². The van der Waals surface area contributed by atoms with Crippen molar-refractivity contribution in [3.63, 3.8) is 0 Å². The van der Waals surface area contributed by atoms with E-state index < -0.39 is 163 Å². The lowest BCUT2D eigenvalue weighted by Gasteiger charge is -2.31. The molecule has 2 aromatic rings.